The van der Waals surface area contributed by atoms with Crippen molar-refractivity contribution in [2.75, 3.05) is 13.7 Å². The monoisotopic (exact) mass is 284 g/mol. The molecule has 0 heterocycles. The lowest BCUT2D eigenvalue weighted by Gasteiger charge is -2.12. The van der Waals surface area contributed by atoms with Crippen LogP contribution in [0, 0.1) is 0 Å². The fraction of sp³-hybridized carbons (Fsp3) is 0.462. The van der Waals surface area contributed by atoms with Crippen molar-refractivity contribution in [1.29, 1.82) is 0 Å². The number of methoxy groups -OCH3 is 1. The van der Waals surface area contributed by atoms with Crippen molar-refractivity contribution >= 4 is 17.6 Å². The molecule has 19 heavy (non-hydrogen) atoms. The van der Waals surface area contributed by atoms with Gasteiger partial charge in [0.15, 0.2) is 5.84 Å². The first-order chi connectivity index (χ1) is 9.12. The van der Waals surface area contributed by atoms with Gasteiger partial charge < -0.3 is 20.8 Å². The molecule has 0 fully saturated rings. The van der Waals surface area contributed by atoms with Gasteiger partial charge in [-0.05, 0) is 24.1 Å². The summed E-state index contributed by atoms with van der Waals surface area (Å²) in [5.74, 6) is 1.41. The van der Waals surface area contributed by atoms with Gasteiger partial charge in [-0.3, -0.25) is 0 Å². The average Bonchev–Trinajstić information content (AvgIpc) is 2.44. The van der Waals surface area contributed by atoms with Gasteiger partial charge in [-0.25, -0.2) is 0 Å². The fourth-order valence-corrected chi connectivity index (χ4v) is 2.53. The average molecular weight is 284 g/mol. The summed E-state index contributed by atoms with van der Waals surface area (Å²) in [6.07, 6.45) is 0.772. The number of ether oxygens (including phenoxy) is 1. The molecule has 1 aromatic rings. The van der Waals surface area contributed by atoms with E-state index in [1.807, 2.05) is 12.1 Å². The second-order valence-electron chi connectivity index (χ2n) is 4.15. The van der Waals surface area contributed by atoms with Gasteiger partial charge in [-0.1, -0.05) is 18.1 Å². The largest absolute Gasteiger partial charge is 0.496 e. The summed E-state index contributed by atoms with van der Waals surface area (Å²) in [7, 11) is 1.54. The highest BCUT2D eigenvalue weighted by molar-refractivity contribution is 7.99. The van der Waals surface area contributed by atoms with Gasteiger partial charge in [0.1, 0.15) is 5.75 Å². The Morgan fingerprint density at radius 2 is 2.26 bits per heavy atom. The normalized spacial score (nSPS) is 13.3. The number of benzene rings is 1. The van der Waals surface area contributed by atoms with E-state index in [1.54, 1.807) is 24.9 Å². The number of amidine groups is 1. The zero-order valence-electron chi connectivity index (χ0n) is 11.2. The quantitative estimate of drug-likeness (QED) is 0.307. The minimum Gasteiger partial charge on any atom is -0.496 e. The molecule has 4 N–H and O–H groups in total. The lowest BCUT2D eigenvalue weighted by molar-refractivity contribution is 0.289. The predicted octanol–water partition coefficient (Wildman–Crippen LogP) is 1.79. The van der Waals surface area contributed by atoms with Crippen LogP contribution in [0.3, 0.4) is 0 Å². The number of nitrogens with zero attached hydrogens (tertiary/aromatic N) is 1. The molecule has 1 rings (SSSR count). The summed E-state index contributed by atoms with van der Waals surface area (Å²) in [4.78, 5) is 0. The zero-order chi connectivity index (χ0) is 14.3. The first-order valence-corrected chi connectivity index (χ1v) is 7.04. The summed E-state index contributed by atoms with van der Waals surface area (Å²) in [6.45, 7) is 2.28. The van der Waals surface area contributed by atoms with Crippen LogP contribution in [0.4, 0.5) is 0 Å². The maximum atomic E-state index is 8.86. The van der Waals surface area contributed by atoms with Crippen molar-refractivity contribution in [2.45, 2.75) is 24.3 Å². The van der Waals surface area contributed by atoms with E-state index in [-0.39, 0.29) is 12.4 Å². The summed E-state index contributed by atoms with van der Waals surface area (Å²) in [5.41, 5.74) is 7.27. The minimum absolute atomic E-state index is 0.0344. The number of oxime groups is 1. The highest BCUT2D eigenvalue weighted by Gasteiger charge is 2.10. The maximum absolute atomic E-state index is 8.86. The number of hydrogen-bond donors (Lipinski definition) is 3. The summed E-state index contributed by atoms with van der Waals surface area (Å²) >= 11 is 1.75. The lowest BCUT2D eigenvalue weighted by atomic mass is 10.1. The molecule has 1 atom stereocenters. The van der Waals surface area contributed by atoms with Crippen molar-refractivity contribution < 1.29 is 15.1 Å². The van der Waals surface area contributed by atoms with E-state index in [4.69, 9.17) is 20.8 Å². The van der Waals surface area contributed by atoms with Gasteiger partial charge in [0.25, 0.3) is 0 Å². The van der Waals surface area contributed by atoms with Crippen LogP contribution in [0.1, 0.15) is 24.5 Å². The number of rotatable bonds is 7. The standard InChI is InChI=1S/C13H20N2O3S/c1-9(5-6-16)19-8-10-3-4-12(18-2)11(7-10)13(14)15-17/h3-4,7,9,16-17H,5-6,8H2,1-2H3,(H2,14,15). The Kier molecular flexibility index (Phi) is 6.52. The van der Waals surface area contributed by atoms with Crippen molar-refractivity contribution in [3.63, 3.8) is 0 Å². The first-order valence-electron chi connectivity index (χ1n) is 5.99. The summed E-state index contributed by atoms with van der Waals surface area (Å²) < 4.78 is 5.18. The van der Waals surface area contributed by atoms with Crippen LogP contribution in [0.5, 0.6) is 5.75 Å². The molecule has 0 spiro atoms. The number of thioether (sulfide) groups is 1. The Balaban J connectivity index is 2.81. The van der Waals surface area contributed by atoms with Gasteiger partial charge in [-0.2, -0.15) is 11.8 Å². The van der Waals surface area contributed by atoms with Crippen molar-refractivity contribution in [2.24, 2.45) is 10.9 Å². The van der Waals surface area contributed by atoms with Crippen LogP contribution in [-0.2, 0) is 5.75 Å². The molecular weight excluding hydrogens is 264 g/mol. The van der Waals surface area contributed by atoms with E-state index < -0.39 is 0 Å². The van der Waals surface area contributed by atoms with Crippen LogP contribution >= 0.6 is 11.8 Å². The molecule has 1 unspecified atom stereocenters. The van der Waals surface area contributed by atoms with E-state index in [1.165, 1.54) is 0 Å². The molecule has 0 aliphatic heterocycles. The predicted molar refractivity (Wildman–Crippen MR) is 78.0 cm³/mol. The highest BCUT2D eigenvalue weighted by atomic mass is 32.2. The topological polar surface area (TPSA) is 88.1 Å². The van der Waals surface area contributed by atoms with Crippen LogP contribution in [0.2, 0.25) is 0 Å². The van der Waals surface area contributed by atoms with Crippen LogP contribution in [0.25, 0.3) is 0 Å². The Bertz CT molecular complexity index is 438. The van der Waals surface area contributed by atoms with E-state index in [2.05, 4.69) is 12.1 Å². The zero-order valence-corrected chi connectivity index (χ0v) is 12.0. The van der Waals surface area contributed by atoms with Gasteiger partial charge in [0, 0.05) is 17.6 Å². The minimum atomic E-state index is 0.0344. The Morgan fingerprint density at radius 1 is 1.53 bits per heavy atom. The molecule has 0 aliphatic rings. The van der Waals surface area contributed by atoms with Crippen LogP contribution < -0.4 is 10.5 Å². The third-order valence-electron chi connectivity index (χ3n) is 2.72. The molecule has 0 amide bonds. The third-order valence-corrected chi connectivity index (χ3v) is 4.02. The smallest absolute Gasteiger partial charge is 0.173 e. The number of aliphatic hydroxyl groups is 1. The number of aliphatic hydroxyl groups excluding tert-OH is 1. The van der Waals surface area contributed by atoms with Gasteiger partial charge >= 0.3 is 0 Å². The summed E-state index contributed by atoms with van der Waals surface area (Å²) in [6, 6.07) is 5.61. The molecule has 0 radical (unpaired) electrons. The molecule has 0 aliphatic carbocycles. The second kappa shape index (κ2) is 7.91. The molecule has 0 aromatic heterocycles. The van der Waals surface area contributed by atoms with E-state index >= 15 is 0 Å². The lowest BCUT2D eigenvalue weighted by Crippen LogP contribution is -2.14. The van der Waals surface area contributed by atoms with Crippen molar-refractivity contribution in [3.8, 4) is 5.75 Å². The van der Waals surface area contributed by atoms with E-state index in [9.17, 15) is 0 Å². The Morgan fingerprint density at radius 3 is 2.84 bits per heavy atom. The fourth-order valence-electron chi connectivity index (χ4n) is 1.60. The van der Waals surface area contributed by atoms with Crippen molar-refractivity contribution in [3.05, 3.63) is 29.3 Å². The van der Waals surface area contributed by atoms with Crippen LogP contribution in [-0.4, -0.2) is 35.1 Å². The first kappa shape index (κ1) is 15.7. The molecule has 5 nitrogen and oxygen atoms in total. The van der Waals surface area contributed by atoms with Gasteiger partial charge in [0.2, 0.25) is 0 Å². The number of nitrogens with two attached hydrogens (primary N) is 1. The molecular formula is C13H20N2O3S. The number of hydrogen-bond acceptors (Lipinski definition) is 5. The van der Waals surface area contributed by atoms with Crippen LogP contribution in [0.15, 0.2) is 23.4 Å². The molecule has 0 saturated carbocycles. The molecule has 106 valence electrons. The molecule has 0 saturated heterocycles. The van der Waals surface area contributed by atoms with E-state index in [0.29, 0.717) is 16.6 Å². The molecule has 6 heteroatoms. The molecule has 1 aromatic carbocycles. The van der Waals surface area contributed by atoms with E-state index in [0.717, 1.165) is 17.7 Å². The maximum Gasteiger partial charge on any atom is 0.173 e. The summed E-state index contributed by atoms with van der Waals surface area (Å²) in [5, 5.41) is 21.0. The van der Waals surface area contributed by atoms with Crippen molar-refractivity contribution in [1.82, 2.24) is 0 Å². The molecule has 0 bridgehead atoms. The second-order valence-corrected chi connectivity index (χ2v) is 5.58. The third kappa shape index (κ3) is 4.65. The Hall–Kier alpha value is -1.40. The van der Waals surface area contributed by atoms with Gasteiger partial charge in [0.05, 0.1) is 12.7 Å². The Labute approximate surface area is 117 Å². The highest BCUT2D eigenvalue weighted by Crippen LogP contribution is 2.24. The van der Waals surface area contributed by atoms with Gasteiger partial charge in [-0.15, -0.1) is 0 Å². The SMILES string of the molecule is COc1ccc(CSC(C)CCO)cc1C(N)=NO.